The van der Waals surface area contributed by atoms with Gasteiger partial charge in [-0.25, -0.2) is 4.98 Å². The molecule has 3 rings (SSSR count). The molecule has 0 bridgehead atoms. The summed E-state index contributed by atoms with van der Waals surface area (Å²) in [6.07, 6.45) is 0.304. The predicted molar refractivity (Wildman–Crippen MR) is 93.6 cm³/mol. The lowest BCUT2D eigenvalue weighted by Crippen LogP contribution is -1.97. The largest absolute Gasteiger partial charge is 0.275 e. The molecule has 5 nitrogen and oxygen atoms in total. The summed E-state index contributed by atoms with van der Waals surface area (Å²) in [6.45, 7) is 0. The lowest BCUT2D eigenvalue weighted by Gasteiger charge is -2.00. The standard InChI is InChI=1S/C17H11ClN2O3S/c18-16(21)15-14(10-11-5-4-8-13(9-11)20(22)23)19-17(24-15)12-6-2-1-3-7-12/h1-9H,10H2. The molecule has 0 radical (unpaired) electrons. The average molecular weight is 359 g/mol. The van der Waals surface area contributed by atoms with E-state index in [1.54, 1.807) is 12.1 Å². The van der Waals surface area contributed by atoms with E-state index in [2.05, 4.69) is 4.98 Å². The third kappa shape index (κ3) is 3.50. The molecule has 1 aromatic heterocycles. The number of benzene rings is 2. The number of carbonyl (C=O) groups excluding carboxylic acids is 1. The number of nitrogens with zero attached hydrogens (tertiary/aromatic N) is 2. The Hall–Kier alpha value is -2.57. The van der Waals surface area contributed by atoms with Crippen molar-refractivity contribution in [2.75, 3.05) is 0 Å². The van der Waals surface area contributed by atoms with E-state index in [4.69, 9.17) is 11.6 Å². The summed E-state index contributed by atoms with van der Waals surface area (Å²) in [6, 6.07) is 15.7. The molecule has 2 aromatic carbocycles. The van der Waals surface area contributed by atoms with E-state index in [1.165, 1.54) is 23.5 Å². The van der Waals surface area contributed by atoms with Crippen LogP contribution in [0.2, 0.25) is 0 Å². The first kappa shape index (κ1) is 16.3. The highest BCUT2D eigenvalue weighted by Crippen LogP contribution is 2.30. The smallest absolute Gasteiger partial charge is 0.269 e. The zero-order chi connectivity index (χ0) is 17.1. The summed E-state index contributed by atoms with van der Waals surface area (Å²) in [4.78, 5) is 27.0. The number of nitro groups is 1. The lowest BCUT2D eigenvalue weighted by molar-refractivity contribution is -0.384. The summed E-state index contributed by atoms with van der Waals surface area (Å²) >= 11 is 6.90. The van der Waals surface area contributed by atoms with Crippen LogP contribution in [-0.2, 0) is 6.42 Å². The van der Waals surface area contributed by atoms with Gasteiger partial charge in [-0.1, -0.05) is 42.5 Å². The zero-order valence-electron chi connectivity index (χ0n) is 12.3. The van der Waals surface area contributed by atoms with E-state index < -0.39 is 10.2 Å². The van der Waals surface area contributed by atoms with Crippen molar-refractivity contribution in [1.82, 2.24) is 4.98 Å². The first-order valence-corrected chi connectivity index (χ1v) is 8.22. The minimum Gasteiger partial charge on any atom is -0.275 e. The Labute approximate surface area is 146 Å². The second-order valence-corrected chi connectivity index (χ2v) is 6.38. The van der Waals surface area contributed by atoms with Crippen molar-refractivity contribution in [1.29, 1.82) is 0 Å². The number of halogens is 1. The SMILES string of the molecule is O=C(Cl)c1sc(-c2ccccc2)nc1Cc1cccc([N+](=O)[O-])c1. The highest BCUT2D eigenvalue weighted by atomic mass is 35.5. The zero-order valence-corrected chi connectivity index (χ0v) is 13.9. The number of carbonyl (C=O) groups is 1. The van der Waals surface area contributed by atoms with E-state index in [-0.39, 0.29) is 5.69 Å². The number of hydrogen-bond donors (Lipinski definition) is 0. The normalized spacial score (nSPS) is 10.5. The van der Waals surface area contributed by atoms with Gasteiger partial charge < -0.3 is 0 Å². The van der Waals surface area contributed by atoms with Gasteiger partial charge >= 0.3 is 0 Å². The van der Waals surface area contributed by atoms with Gasteiger partial charge in [-0.15, -0.1) is 11.3 Å². The van der Waals surface area contributed by atoms with Gasteiger partial charge in [0.2, 0.25) is 0 Å². The van der Waals surface area contributed by atoms with Gasteiger partial charge in [-0.2, -0.15) is 0 Å². The molecule has 0 aliphatic rings. The molecule has 0 saturated heterocycles. The predicted octanol–water partition coefficient (Wildman–Crippen LogP) is 4.69. The second kappa shape index (κ2) is 6.90. The molecule has 7 heteroatoms. The fraction of sp³-hybridized carbons (Fsp3) is 0.0588. The number of thiazole rings is 1. The maximum atomic E-state index is 11.7. The highest BCUT2D eigenvalue weighted by molar-refractivity contribution is 7.18. The second-order valence-electron chi connectivity index (χ2n) is 5.04. The van der Waals surface area contributed by atoms with Crippen molar-refractivity contribution in [2.45, 2.75) is 6.42 Å². The van der Waals surface area contributed by atoms with Gasteiger partial charge in [-0.3, -0.25) is 14.9 Å². The number of aromatic nitrogens is 1. The van der Waals surface area contributed by atoms with Crippen molar-refractivity contribution < 1.29 is 9.72 Å². The topological polar surface area (TPSA) is 73.1 Å². The third-order valence-corrected chi connectivity index (χ3v) is 4.84. The molecule has 120 valence electrons. The van der Waals surface area contributed by atoms with E-state index in [0.717, 1.165) is 5.56 Å². The van der Waals surface area contributed by atoms with Crippen molar-refractivity contribution in [3.8, 4) is 10.6 Å². The maximum Gasteiger partial charge on any atom is 0.269 e. The first-order valence-electron chi connectivity index (χ1n) is 7.03. The quantitative estimate of drug-likeness (QED) is 0.377. The molecule has 0 saturated carbocycles. The van der Waals surface area contributed by atoms with Crippen LogP contribution >= 0.6 is 22.9 Å². The Kier molecular flexibility index (Phi) is 4.69. The van der Waals surface area contributed by atoms with Crippen LogP contribution in [0.1, 0.15) is 20.9 Å². The van der Waals surface area contributed by atoms with Crippen molar-refractivity contribution in [3.63, 3.8) is 0 Å². The van der Waals surface area contributed by atoms with Crippen LogP contribution in [0.4, 0.5) is 5.69 Å². The number of hydrogen-bond acceptors (Lipinski definition) is 5. The van der Waals surface area contributed by atoms with Gasteiger partial charge in [0.15, 0.2) is 0 Å². The Morgan fingerprint density at radius 2 is 1.92 bits per heavy atom. The molecule has 0 amide bonds. The van der Waals surface area contributed by atoms with Gasteiger partial charge in [0, 0.05) is 24.1 Å². The minimum absolute atomic E-state index is 0.00441. The van der Waals surface area contributed by atoms with Crippen molar-refractivity contribution >= 4 is 33.9 Å². The molecule has 0 fully saturated rings. The molecule has 0 atom stereocenters. The summed E-state index contributed by atoms with van der Waals surface area (Å²) < 4.78 is 0. The lowest BCUT2D eigenvalue weighted by atomic mass is 10.1. The molecule has 0 aliphatic carbocycles. The molecule has 0 N–H and O–H groups in total. The molecule has 0 unspecified atom stereocenters. The molecule has 0 spiro atoms. The third-order valence-electron chi connectivity index (χ3n) is 3.39. The van der Waals surface area contributed by atoms with E-state index in [9.17, 15) is 14.9 Å². The van der Waals surface area contributed by atoms with Crippen molar-refractivity contribution in [2.24, 2.45) is 0 Å². The van der Waals surface area contributed by atoms with Crippen LogP contribution in [0.15, 0.2) is 54.6 Å². The molecular formula is C17H11ClN2O3S. The van der Waals surface area contributed by atoms with Gasteiger partial charge in [0.1, 0.15) is 9.88 Å². The van der Waals surface area contributed by atoms with Crippen LogP contribution in [0, 0.1) is 10.1 Å². The molecular weight excluding hydrogens is 348 g/mol. The van der Waals surface area contributed by atoms with E-state index in [1.807, 2.05) is 30.3 Å². The number of nitro benzene ring substituents is 1. The Morgan fingerprint density at radius 1 is 1.17 bits per heavy atom. The van der Waals surface area contributed by atoms with Crippen LogP contribution in [0.5, 0.6) is 0 Å². The Balaban J connectivity index is 1.98. The number of rotatable bonds is 5. The molecule has 3 aromatic rings. The summed E-state index contributed by atoms with van der Waals surface area (Å²) in [5, 5.41) is 11.0. The van der Waals surface area contributed by atoms with Crippen LogP contribution in [-0.4, -0.2) is 15.1 Å². The minimum atomic E-state index is -0.574. The van der Waals surface area contributed by atoms with Crippen molar-refractivity contribution in [3.05, 3.63) is 80.8 Å². The first-order chi connectivity index (χ1) is 11.5. The maximum absolute atomic E-state index is 11.7. The van der Waals surface area contributed by atoms with Crippen LogP contribution < -0.4 is 0 Å². The van der Waals surface area contributed by atoms with E-state index in [0.29, 0.717) is 27.6 Å². The Bertz CT molecular complexity index is 909. The molecule has 1 heterocycles. The van der Waals surface area contributed by atoms with Crippen LogP contribution in [0.25, 0.3) is 10.6 Å². The van der Waals surface area contributed by atoms with Gasteiger partial charge in [0.05, 0.1) is 10.6 Å². The molecule has 24 heavy (non-hydrogen) atoms. The van der Waals surface area contributed by atoms with Crippen LogP contribution in [0.3, 0.4) is 0 Å². The van der Waals surface area contributed by atoms with Gasteiger partial charge in [-0.05, 0) is 17.2 Å². The fourth-order valence-corrected chi connectivity index (χ4v) is 3.45. The summed E-state index contributed by atoms with van der Waals surface area (Å²) in [5.41, 5.74) is 2.13. The summed E-state index contributed by atoms with van der Waals surface area (Å²) in [7, 11) is 0. The fourth-order valence-electron chi connectivity index (χ4n) is 2.30. The monoisotopic (exact) mass is 358 g/mol. The average Bonchev–Trinajstić information content (AvgIpc) is 3.00. The Morgan fingerprint density at radius 3 is 2.58 bits per heavy atom. The number of non-ortho nitro benzene ring substituents is 1. The highest BCUT2D eigenvalue weighted by Gasteiger charge is 2.18. The molecule has 0 aliphatic heterocycles. The van der Waals surface area contributed by atoms with E-state index >= 15 is 0 Å². The summed E-state index contributed by atoms with van der Waals surface area (Å²) in [5.74, 6) is 0. The van der Waals surface area contributed by atoms with Gasteiger partial charge in [0.25, 0.3) is 10.9 Å².